The largest absolute Gasteiger partial charge is 0.504 e. The predicted octanol–water partition coefficient (Wildman–Crippen LogP) is 2.85. The molecule has 1 fully saturated rings. The molecular formula is C29H27NO8. The third-order valence-corrected chi connectivity index (χ3v) is 7.94. The minimum Gasteiger partial charge on any atom is -0.504 e. The van der Waals surface area contributed by atoms with Crippen molar-refractivity contribution in [1.82, 2.24) is 4.90 Å². The number of carbonyl (C=O) groups excluding carboxylic acids is 4. The van der Waals surface area contributed by atoms with Gasteiger partial charge in [-0.3, -0.25) is 28.9 Å². The summed E-state index contributed by atoms with van der Waals surface area (Å²) in [4.78, 5) is 65.0. The first-order chi connectivity index (χ1) is 18.1. The highest BCUT2D eigenvalue weighted by Gasteiger charge is 2.55. The molecule has 1 heterocycles. The van der Waals surface area contributed by atoms with Gasteiger partial charge >= 0.3 is 5.97 Å². The van der Waals surface area contributed by atoms with E-state index in [9.17, 15) is 29.1 Å². The van der Waals surface area contributed by atoms with Crippen LogP contribution in [-0.2, 0) is 24.0 Å². The highest BCUT2D eigenvalue weighted by Crippen LogP contribution is 2.52. The van der Waals surface area contributed by atoms with E-state index in [2.05, 4.69) is 0 Å². The van der Waals surface area contributed by atoms with E-state index in [0.717, 1.165) is 10.5 Å². The van der Waals surface area contributed by atoms with E-state index >= 15 is 0 Å². The van der Waals surface area contributed by atoms with E-state index in [4.69, 9.17) is 9.84 Å². The standard InChI is InChI=1S/C29H27NO8/c1-14-11-22(32)25-17(5-3-15-4-8-21(31)23(12-15)38-2)16-6-7-18-26(19(16)13-20(25)27(14)35)29(37)30(28(18)36)10-9-24(33)34/h3-6,8,11-12,17-19,26,31H,7,9-10,13H2,1-2H3,(H,33,34)/t17-,18-,19+,26-/m0/s1. The van der Waals surface area contributed by atoms with Gasteiger partial charge in [-0.1, -0.05) is 29.9 Å². The zero-order valence-corrected chi connectivity index (χ0v) is 21.0. The van der Waals surface area contributed by atoms with Crippen LogP contribution in [0.4, 0.5) is 0 Å². The van der Waals surface area contributed by atoms with Gasteiger partial charge in [-0.15, -0.1) is 0 Å². The Labute approximate surface area is 218 Å². The van der Waals surface area contributed by atoms with E-state index in [1.807, 2.05) is 12.2 Å². The summed E-state index contributed by atoms with van der Waals surface area (Å²) in [5.41, 5.74) is 2.58. The number of rotatable bonds is 6. The SMILES string of the molecule is COc1cc(C=C[C@H]2C3=CC[C@@H]4C(=O)N(CCC(=O)O)C(=O)[C@@H]4[C@@H]3CC3=C2C(=O)C=C(C)C3=O)ccc1O. The zero-order chi connectivity index (χ0) is 27.3. The molecular weight excluding hydrogens is 490 g/mol. The molecule has 1 saturated heterocycles. The number of carbonyl (C=O) groups is 5. The Bertz CT molecular complexity index is 1410. The van der Waals surface area contributed by atoms with Crippen LogP contribution in [0.2, 0.25) is 0 Å². The fourth-order valence-corrected chi connectivity index (χ4v) is 6.16. The molecule has 5 rings (SSSR count). The van der Waals surface area contributed by atoms with Crippen LogP contribution in [0.1, 0.15) is 31.7 Å². The number of ketones is 2. The Hall–Kier alpha value is -4.27. The number of likely N-dealkylation sites (tertiary alicyclic amines) is 1. The van der Waals surface area contributed by atoms with Crippen molar-refractivity contribution in [3.05, 3.63) is 64.3 Å². The van der Waals surface area contributed by atoms with Gasteiger partial charge in [0.2, 0.25) is 11.8 Å². The number of aromatic hydroxyl groups is 1. The lowest BCUT2D eigenvalue weighted by Crippen LogP contribution is -2.40. The van der Waals surface area contributed by atoms with E-state index in [0.29, 0.717) is 28.7 Å². The van der Waals surface area contributed by atoms with Gasteiger partial charge in [0, 0.05) is 29.2 Å². The quantitative estimate of drug-likeness (QED) is 0.334. The highest BCUT2D eigenvalue weighted by molar-refractivity contribution is 6.23. The molecule has 9 heteroatoms. The third kappa shape index (κ3) is 4.08. The summed E-state index contributed by atoms with van der Waals surface area (Å²) in [5.74, 6) is -4.53. The number of ether oxygens (including phenoxy) is 1. The molecule has 0 bridgehead atoms. The Morgan fingerprint density at radius 2 is 1.92 bits per heavy atom. The van der Waals surface area contributed by atoms with Gasteiger partial charge < -0.3 is 14.9 Å². The molecule has 1 aromatic rings. The van der Waals surface area contributed by atoms with Gasteiger partial charge in [-0.25, -0.2) is 0 Å². The summed E-state index contributed by atoms with van der Waals surface area (Å²) in [6, 6.07) is 4.82. The number of carboxylic acids is 1. The number of methoxy groups -OCH3 is 1. The lowest BCUT2D eigenvalue weighted by molar-refractivity contribution is -0.142. The molecule has 2 amide bonds. The second kappa shape index (κ2) is 9.55. The Morgan fingerprint density at radius 3 is 2.63 bits per heavy atom. The Morgan fingerprint density at radius 1 is 1.16 bits per heavy atom. The van der Waals surface area contributed by atoms with E-state index in [1.165, 1.54) is 19.3 Å². The number of phenolic OH excluding ortho intramolecular Hbond substituents is 1. The van der Waals surface area contributed by atoms with Crippen LogP contribution < -0.4 is 4.74 Å². The summed E-state index contributed by atoms with van der Waals surface area (Å²) < 4.78 is 5.18. The maximum absolute atomic E-state index is 13.4. The summed E-state index contributed by atoms with van der Waals surface area (Å²) in [5, 5.41) is 19.0. The number of fused-ring (bicyclic) bond motifs is 3. The number of imide groups is 1. The van der Waals surface area contributed by atoms with Gasteiger partial charge in [-0.2, -0.15) is 0 Å². The van der Waals surface area contributed by atoms with Gasteiger partial charge in [0.1, 0.15) is 0 Å². The molecule has 0 aromatic heterocycles. The van der Waals surface area contributed by atoms with Crippen molar-refractivity contribution in [3.63, 3.8) is 0 Å². The number of phenols is 1. The molecule has 2 N–H and O–H groups in total. The first-order valence-electron chi connectivity index (χ1n) is 12.4. The van der Waals surface area contributed by atoms with Crippen molar-refractivity contribution in [2.45, 2.75) is 26.2 Å². The summed E-state index contributed by atoms with van der Waals surface area (Å²) in [6.45, 7) is 1.39. The first-order valence-corrected chi connectivity index (χ1v) is 12.4. The highest BCUT2D eigenvalue weighted by atomic mass is 16.5. The average Bonchev–Trinajstić information content (AvgIpc) is 3.13. The van der Waals surface area contributed by atoms with Crippen LogP contribution in [-0.4, -0.2) is 58.1 Å². The number of hydrogen-bond donors (Lipinski definition) is 2. The normalized spacial score (nSPS) is 26.7. The number of hydrogen-bond acceptors (Lipinski definition) is 7. The van der Waals surface area contributed by atoms with Crippen LogP contribution in [0.15, 0.2) is 58.7 Å². The lowest BCUT2D eigenvalue weighted by atomic mass is 9.60. The molecule has 196 valence electrons. The third-order valence-electron chi connectivity index (χ3n) is 7.94. The van der Waals surface area contributed by atoms with Crippen LogP contribution in [0.5, 0.6) is 11.5 Å². The van der Waals surface area contributed by atoms with E-state index in [1.54, 1.807) is 25.1 Å². The summed E-state index contributed by atoms with van der Waals surface area (Å²) >= 11 is 0. The second-order valence-electron chi connectivity index (χ2n) is 10.0. The molecule has 38 heavy (non-hydrogen) atoms. The van der Waals surface area contributed by atoms with Crippen LogP contribution in [0.3, 0.4) is 0 Å². The van der Waals surface area contributed by atoms with Gasteiger partial charge in [0.05, 0.1) is 25.4 Å². The number of amides is 2. The number of Topliss-reactive ketones (excluding diaryl/α,β-unsaturated/α-hetero) is 1. The van der Waals surface area contributed by atoms with Crippen molar-refractivity contribution < 1.29 is 38.9 Å². The van der Waals surface area contributed by atoms with E-state index < -0.39 is 35.5 Å². The van der Waals surface area contributed by atoms with Crippen molar-refractivity contribution in [2.24, 2.45) is 23.7 Å². The summed E-state index contributed by atoms with van der Waals surface area (Å²) in [7, 11) is 1.44. The maximum Gasteiger partial charge on any atom is 0.305 e. The van der Waals surface area contributed by atoms with Crippen LogP contribution >= 0.6 is 0 Å². The summed E-state index contributed by atoms with van der Waals surface area (Å²) in [6.07, 6.45) is 6.95. The van der Waals surface area contributed by atoms with Crippen molar-refractivity contribution in [1.29, 1.82) is 0 Å². The number of benzene rings is 1. The van der Waals surface area contributed by atoms with E-state index in [-0.39, 0.29) is 48.4 Å². The second-order valence-corrected chi connectivity index (χ2v) is 10.0. The van der Waals surface area contributed by atoms with Crippen molar-refractivity contribution in [2.75, 3.05) is 13.7 Å². The number of carboxylic acid groups (broad SMARTS) is 1. The molecule has 4 aliphatic rings. The lowest BCUT2D eigenvalue weighted by Gasteiger charge is -2.41. The molecule has 9 nitrogen and oxygen atoms in total. The predicted molar refractivity (Wildman–Crippen MR) is 135 cm³/mol. The van der Waals surface area contributed by atoms with Crippen LogP contribution in [0.25, 0.3) is 6.08 Å². The topological polar surface area (TPSA) is 138 Å². The molecule has 1 aliphatic heterocycles. The minimum atomic E-state index is -1.10. The average molecular weight is 518 g/mol. The fourth-order valence-electron chi connectivity index (χ4n) is 6.16. The van der Waals surface area contributed by atoms with Gasteiger partial charge in [0.15, 0.2) is 23.1 Å². The Balaban J connectivity index is 1.56. The van der Waals surface area contributed by atoms with Gasteiger partial charge in [0.25, 0.3) is 0 Å². The molecule has 0 unspecified atom stereocenters. The maximum atomic E-state index is 13.4. The van der Waals surface area contributed by atoms with Crippen molar-refractivity contribution in [3.8, 4) is 11.5 Å². The smallest absolute Gasteiger partial charge is 0.305 e. The molecule has 1 aromatic carbocycles. The molecule has 3 aliphatic carbocycles. The van der Waals surface area contributed by atoms with Gasteiger partial charge in [-0.05, 0) is 49.5 Å². The Kier molecular flexibility index (Phi) is 6.38. The minimum absolute atomic E-state index is 0.0149. The zero-order valence-electron chi connectivity index (χ0n) is 21.0. The fraction of sp³-hybridized carbons (Fsp3) is 0.345. The first kappa shape index (κ1) is 25.4. The van der Waals surface area contributed by atoms with Crippen molar-refractivity contribution >= 4 is 35.4 Å². The number of aliphatic carboxylic acids is 1. The molecule has 4 atom stereocenters. The molecule has 0 spiro atoms. The number of allylic oxidation sites excluding steroid dienone is 7. The van der Waals surface area contributed by atoms with Crippen LogP contribution in [0, 0.1) is 23.7 Å². The number of nitrogens with zero attached hydrogens (tertiary/aromatic N) is 1. The molecule has 0 radical (unpaired) electrons. The molecule has 0 saturated carbocycles. The monoisotopic (exact) mass is 517 g/mol.